The topological polar surface area (TPSA) is 30.7 Å². The number of hydrogen-bond acceptors (Lipinski definition) is 3. The van der Waals surface area contributed by atoms with E-state index < -0.39 is 0 Å². The molecule has 0 atom stereocenters. The fraction of sp³-hybridized carbons (Fsp3) is 0.455. The fourth-order valence-corrected chi connectivity index (χ4v) is 2.49. The van der Waals surface area contributed by atoms with Gasteiger partial charge in [0.1, 0.15) is 5.01 Å². The van der Waals surface area contributed by atoms with Crippen LogP contribution in [0, 0.1) is 27.7 Å². The van der Waals surface area contributed by atoms with E-state index in [0.717, 1.165) is 22.9 Å². The number of aromatic nitrogens is 3. The number of thiazole rings is 1. The van der Waals surface area contributed by atoms with E-state index in [1.807, 2.05) is 11.6 Å². The zero-order chi connectivity index (χ0) is 11.0. The van der Waals surface area contributed by atoms with Crippen molar-refractivity contribution in [3.8, 4) is 0 Å². The van der Waals surface area contributed by atoms with Crippen molar-refractivity contribution in [3.63, 3.8) is 0 Å². The zero-order valence-corrected chi connectivity index (χ0v) is 10.4. The normalized spacial score (nSPS) is 10.9. The Morgan fingerprint density at radius 3 is 2.47 bits per heavy atom. The van der Waals surface area contributed by atoms with Crippen LogP contribution in [-0.2, 0) is 6.54 Å². The van der Waals surface area contributed by atoms with E-state index in [-0.39, 0.29) is 0 Å². The molecule has 15 heavy (non-hydrogen) atoms. The summed E-state index contributed by atoms with van der Waals surface area (Å²) >= 11 is 1.76. The van der Waals surface area contributed by atoms with Crippen molar-refractivity contribution in [3.05, 3.63) is 33.0 Å². The molecule has 0 saturated carbocycles. The lowest BCUT2D eigenvalue weighted by Crippen LogP contribution is -2.03. The first kappa shape index (κ1) is 10.4. The van der Waals surface area contributed by atoms with Crippen LogP contribution in [-0.4, -0.2) is 14.8 Å². The standard InChI is InChI=1S/C11H15N3S/c1-7-5-8(2)14(13-7)6-11-12-9(3)10(4)15-11/h5H,6H2,1-4H3. The monoisotopic (exact) mass is 221 g/mol. The van der Waals surface area contributed by atoms with Crippen LogP contribution >= 0.6 is 11.3 Å². The molecule has 2 aromatic heterocycles. The van der Waals surface area contributed by atoms with E-state index in [2.05, 4.69) is 36.9 Å². The highest BCUT2D eigenvalue weighted by Crippen LogP contribution is 2.17. The van der Waals surface area contributed by atoms with E-state index in [0.29, 0.717) is 0 Å². The number of aryl methyl sites for hydroxylation is 4. The molecule has 0 unspecified atom stereocenters. The van der Waals surface area contributed by atoms with Crippen molar-refractivity contribution in [1.82, 2.24) is 14.8 Å². The van der Waals surface area contributed by atoms with Crippen LogP contribution in [0.3, 0.4) is 0 Å². The first-order valence-electron chi connectivity index (χ1n) is 5.00. The van der Waals surface area contributed by atoms with Crippen molar-refractivity contribution < 1.29 is 0 Å². The van der Waals surface area contributed by atoms with E-state index in [9.17, 15) is 0 Å². The molecule has 0 aliphatic heterocycles. The average molecular weight is 221 g/mol. The number of hydrogen-bond donors (Lipinski definition) is 0. The van der Waals surface area contributed by atoms with Gasteiger partial charge in [0, 0.05) is 10.6 Å². The van der Waals surface area contributed by atoms with Gasteiger partial charge in [-0.1, -0.05) is 0 Å². The summed E-state index contributed by atoms with van der Waals surface area (Å²) in [5.74, 6) is 0. The molecule has 0 fully saturated rings. The van der Waals surface area contributed by atoms with Gasteiger partial charge < -0.3 is 0 Å². The van der Waals surface area contributed by atoms with Gasteiger partial charge in [0.2, 0.25) is 0 Å². The quantitative estimate of drug-likeness (QED) is 0.780. The Kier molecular flexibility index (Phi) is 2.61. The highest BCUT2D eigenvalue weighted by Gasteiger charge is 2.06. The zero-order valence-electron chi connectivity index (χ0n) is 9.53. The lowest BCUT2D eigenvalue weighted by atomic mass is 10.4. The van der Waals surface area contributed by atoms with Gasteiger partial charge in [-0.15, -0.1) is 11.3 Å². The van der Waals surface area contributed by atoms with E-state index in [1.54, 1.807) is 11.3 Å². The Morgan fingerprint density at radius 2 is 2.00 bits per heavy atom. The van der Waals surface area contributed by atoms with Crippen LogP contribution in [0.5, 0.6) is 0 Å². The lowest BCUT2D eigenvalue weighted by molar-refractivity contribution is 0.655. The van der Waals surface area contributed by atoms with Gasteiger partial charge in [-0.05, 0) is 33.8 Å². The SMILES string of the molecule is Cc1cc(C)n(Cc2nc(C)c(C)s2)n1. The maximum Gasteiger partial charge on any atom is 0.115 e. The highest BCUT2D eigenvalue weighted by molar-refractivity contribution is 7.11. The van der Waals surface area contributed by atoms with E-state index in [1.165, 1.54) is 10.6 Å². The summed E-state index contributed by atoms with van der Waals surface area (Å²) < 4.78 is 2.01. The van der Waals surface area contributed by atoms with Crippen LogP contribution in [0.2, 0.25) is 0 Å². The Bertz CT molecular complexity index is 462. The Balaban J connectivity index is 2.25. The molecule has 0 aliphatic carbocycles. The molecule has 80 valence electrons. The molecule has 0 amide bonds. The minimum absolute atomic E-state index is 0.791. The van der Waals surface area contributed by atoms with E-state index >= 15 is 0 Å². The highest BCUT2D eigenvalue weighted by atomic mass is 32.1. The van der Waals surface area contributed by atoms with Gasteiger partial charge in [-0.2, -0.15) is 5.10 Å². The molecular weight excluding hydrogens is 206 g/mol. The second kappa shape index (κ2) is 3.77. The van der Waals surface area contributed by atoms with Gasteiger partial charge in [0.25, 0.3) is 0 Å². The summed E-state index contributed by atoms with van der Waals surface area (Å²) in [5.41, 5.74) is 3.40. The average Bonchev–Trinajstić information content (AvgIpc) is 2.59. The van der Waals surface area contributed by atoms with Gasteiger partial charge in [-0.3, -0.25) is 4.68 Å². The van der Waals surface area contributed by atoms with Crippen LogP contribution in [0.15, 0.2) is 6.07 Å². The minimum atomic E-state index is 0.791. The molecule has 0 N–H and O–H groups in total. The van der Waals surface area contributed by atoms with Crippen LogP contribution in [0.25, 0.3) is 0 Å². The largest absolute Gasteiger partial charge is 0.263 e. The number of rotatable bonds is 2. The van der Waals surface area contributed by atoms with Crippen molar-refractivity contribution in [1.29, 1.82) is 0 Å². The summed E-state index contributed by atoms with van der Waals surface area (Å²) in [6.45, 7) is 9.04. The molecule has 0 radical (unpaired) electrons. The molecule has 0 aromatic carbocycles. The summed E-state index contributed by atoms with van der Waals surface area (Å²) in [6.07, 6.45) is 0. The molecule has 2 aromatic rings. The summed E-state index contributed by atoms with van der Waals surface area (Å²) in [4.78, 5) is 5.81. The van der Waals surface area contributed by atoms with Crippen LogP contribution in [0.4, 0.5) is 0 Å². The smallest absolute Gasteiger partial charge is 0.115 e. The maximum absolute atomic E-state index is 4.51. The third kappa shape index (κ3) is 2.09. The summed E-state index contributed by atoms with van der Waals surface area (Å²) in [5, 5.41) is 5.56. The molecule has 0 saturated heterocycles. The Hall–Kier alpha value is -1.16. The lowest BCUT2D eigenvalue weighted by Gasteiger charge is -1.99. The van der Waals surface area contributed by atoms with Gasteiger partial charge in [0.15, 0.2) is 0 Å². The third-order valence-corrected chi connectivity index (χ3v) is 3.52. The molecular formula is C11H15N3S. The predicted molar refractivity (Wildman–Crippen MR) is 62.4 cm³/mol. The summed E-state index contributed by atoms with van der Waals surface area (Å²) in [7, 11) is 0. The molecule has 3 nitrogen and oxygen atoms in total. The molecule has 0 spiro atoms. The Labute approximate surface area is 93.8 Å². The Morgan fingerprint density at radius 1 is 1.27 bits per heavy atom. The molecule has 0 aliphatic rings. The van der Waals surface area contributed by atoms with Crippen molar-refractivity contribution in [2.24, 2.45) is 0 Å². The second-order valence-electron chi connectivity index (χ2n) is 3.83. The first-order valence-corrected chi connectivity index (χ1v) is 5.82. The molecule has 4 heteroatoms. The summed E-state index contributed by atoms with van der Waals surface area (Å²) in [6, 6.07) is 2.09. The van der Waals surface area contributed by atoms with E-state index in [4.69, 9.17) is 0 Å². The molecule has 2 heterocycles. The maximum atomic E-state index is 4.51. The van der Waals surface area contributed by atoms with Gasteiger partial charge in [0.05, 0.1) is 17.9 Å². The minimum Gasteiger partial charge on any atom is -0.263 e. The van der Waals surface area contributed by atoms with Crippen LogP contribution in [0.1, 0.15) is 27.0 Å². The fourth-order valence-electron chi connectivity index (χ4n) is 1.57. The predicted octanol–water partition coefficient (Wildman–Crippen LogP) is 2.62. The van der Waals surface area contributed by atoms with Crippen LogP contribution < -0.4 is 0 Å². The second-order valence-corrected chi connectivity index (χ2v) is 5.12. The van der Waals surface area contributed by atoms with Crippen molar-refractivity contribution in [2.75, 3.05) is 0 Å². The van der Waals surface area contributed by atoms with Gasteiger partial charge in [-0.25, -0.2) is 4.98 Å². The number of nitrogens with zero attached hydrogens (tertiary/aromatic N) is 3. The molecule has 0 bridgehead atoms. The van der Waals surface area contributed by atoms with Crippen molar-refractivity contribution in [2.45, 2.75) is 34.2 Å². The molecule has 2 rings (SSSR count). The van der Waals surface area contributed by atoms with Crippen molar-refractivity contribution >= 4 is 11.3 Å². The first-order chi connectivity index (χ1) is 7.06. The third-order valence-electron chi connectivity index (χ3n) is 2.46. The van der Waals surface area contributed by atoms with Gasteiger partial charge >= 0.3 is 0 Å².